The average molecular weight is 350 g/mol. The summed E-state index contributed by atoms with van der Waals surface area (Å²) in [5, 5.41) is 5.10. The average Bonchev–Trinajstić information content (AvgIpc) is 2.55. The van der Waals surface area contributed by atoms with Gasteiger partial charge in [0.15, 0.2) is 6.61 Å². The molecule has 0 aromatic heterocycles. The van der Waals surface area contributed by atoms with Crippen LogP contribution in [0.3, 0.4) is 0 Å². The Morgan fingerprint density at radius 3 is 2.16 bits per heavy atom. The number of esters is 1. The second-order valence-corrected chi connectivity index (χ2v) is 6.26. The number of ether oxygens (including phenoxy) is 2. The Bertz CT molecular complexity index is 572. The fraction of sp³-hybridized carbons (Fsp3) is 0.500. The number of carbonyl (C=O) groups excluding carboxylic acids is 3. The number of alkyl carbamates (subject to hydrolysis) is 1. The highest BCUT2D eigenvalue weighted by molar-refractivity contribution is 5.85. The van der Waals surface area contributed by atoms with E-state index in [4.69, 9.17) is 9.47 Å². The summed E-state index contributed by atoms with van der Waals surface area (Å²) in [6.07, 6.45) is -0.717. The monoisotopic (exact) mass is 350 g/mol. The van der Waals surface area contributed by atoms with Gasteiger partial charge in [-0.05, 0) is 25.3 Å². The van der Waals surface area contributed by atoms with Crippen molar-refractivity contribution in [2.75, 3.05) is 6.61 Å². The second kappa shape index (κ2) is 10.3. The fourth-order valence-corrected chi connectivity index (χ4v) is 1.98. The molecule has 7 nitrogen and oxygen atoms in total. The molecule has 2 N–H and O–H groups in total. The molecule has 7 heteroatoms. The minimum absolute atomic E-state index is 0.0433. The van der Waals surface area contributed by atoms with E-state index in [1.54, 1.807) is 27.7 Å². The molecule has 0 aliphatic heterocycles. The van der Waals surface area contributed by atoms with E-state index in [2.05, 4.69) is 10.6 Å². The molecular weight excluding hydrogens is 324 g/mol. The van der Waals surface area contributed by atoms with Crippen LogP contribution in [0.1, 0.15) is 33.3 Å². The Kier molecular flexibility index (Phi) is 8.46. The van der Waals surface area contributed by atoms with Gasteiger partial charge in [-0.25, -0.2) is 9.59 Å². The molecule has 0 spiro atoms. The van der Waals surface area contributed by atoms with Crippen LogP contribution in [0, 0.1) is 5.92 Å². The lowest BCUT2D eigenvalue weighted by Crippen LogP contribution is -2.46. The highest BCUT2D eigenvalue weighted by Gasteiger charge is 2.27. The van der Waals surface area contributed by atoms with Crippen molar-refractivity contribution in [3.05, 3.63) is 35.9 Å². The van der Waals surface area contributed by atoms with Crippen LogP contribution in [0.2, 0.25) is 0 Å². The zero-order valence-electron chi connectivity index (χ0n) is 15.1. The summed E-state index contributed by atoms with van der Waals surface area (Å²) in [6.45, 7) is 6.85. The van der Waals surface area contributed by atoms with Gasteiger partial charge in [-0.15, -0.1) is 0 Å². The third-order valence-corrected chi connectivity index (χ3v) is 3.20. The number of hydrogen-bond acceptors (Lipinski definition) is 5. The summed E-state index contributed by atoms with van der Waals surface area (Å²) in [4.78, 5) is 35.5. The molecule has 0 aliphatic rings. The quantitative estimate of drug-likeness (QED) is 0.700. The van der Waals surface area contributed by atoms with Gasteiger partial charge < -0.3 is 20.1 Å². The van der Waals surface area contributed by atoms with Crippen LogP contribution in [0.5, 0.6) is 0 Å². The van der Waals surface area contributed by atoms with Crippen molar-refractivity contribution >= 4 is 18.0 Å². The fourth-order valence-electron chi connectivity index (χ4n) is 1.98. The lowest BCUT2D eigenvalue weighted by Gasteiger charge is -2.20. The number of benzene rings is 1. The molecular formula is C18H26N2O5. The Hall–Kier alpha value is -2.57. The van der Waals surface area contributed by atoms with Crippen LogP contribution in [0.15, 0.2) is 30.3 Å². The van der Waals surface area contributed by atoms with Crippen molar-refractivity contribution in [3.63, 3.8) is 0 Å². The van der Waals surface area contributed by atoms with Crippen molar-refractivity contribution in [3.8, 4) is 0 Å². The first-order valence-corrected chi connectivity index (χ1v) is 8.22. The summed E-state index contributed by atoms with van der Waals surface area (Å²) in [7, 11) is 0. The highest BCUT2D eigenvalue weighted by atomic mass is 16.6. The third kappa shape index (κ3) is 8.19. The topological polar surface area (TPSA) is 93.7 Å². The van der Waals surface area contributed by atoms with Gasteiger partial charge in [-0.3, -0.25) is 4.79 Å². The predicted molar refractivity (Wildman–Crippen MR) is 92.6 cm³/mol. The van der Waals surface area contributed by atoms with Crippen LogP contribution < -0.4 is 10.6 Å². The molecule has 1 aromatic carbocycles. The summed E-state index contributed by atoms with van der Waals surface area (Å²) in [6, 6.07) is 8.27. The Morgan fingerprint density at radius 2 is 1.60 bits per heavy atom. The van der Waals surface area contributed by atoms with Crippen molar-refractivity contribution in [2.24, 2.45) is 5.92 Å². The first-order chi connectivity index (χ1) is 11.8. The number of carbonyl (C=O) groups is 3. The standard InChI is InChI=1S/C18H26N2O5/c1-12(2)16(17(22)24-11-15(21)19-13(3)4)20-18(23)25-10-14-8-6-5-7-9-14/h5-9,12-13,16H,10-11H2,1-4H3,(H,19,21)(H,20,23)/t16-/m0/s1. The molecule has 138 valence electrons. The zero-order chi connectivity index (χ0) is 18.8. The lowest BCUT2D eigenvalue weighted by molar-refractivity contribution is -0.151. The van der Waals surface area contributed by atoms with Crippen molar-refractivity contribution in [2.45, 2.75) is 46.4 Å². The van der Waals surface area contributed by atoms with Gasteiger partial charge in [0.25, 0.3) is 5.91 Å². The van der Waals surface area contributed by atoms with Crippen molar-refractivity contribution in [1.29, 1.82) is 0 Å². The van der Waals surface area contributed by atoms with Crippen molar-refractivity contribution < 1.29 is 23.9 Å². The number of rotatable bonds is 8. The largest absolute Gasteiger partial charge is 0.454 e. The van der Waals surface area contributed by atoms with Crippen LogP contribution >= 0.6 is 0 Å². The molecule has 0 unspecified atom stereocenters. The van der Waals surface area contributed by atoms with Crippen LogP contribution in [-0.4, -0.2) is 36.7 Å². The molecule has 0 fully saturated rings. The molecule has 0 heterocycles. The predicted octanol–water partition coefficient (Wildman–Crippen LogP) is 2.01. The van der Waals surface area contributed by atoms with E-state index >= 15 is 0 Å². The maximum atomic E-state index is 12.1. The maximum Gasteiger partial charge on any atom is 0.408 e. The second-order valence-electron chi connectivity index (χ2n) is 6.26. The Morgan fingerprint density at radius 1 is 0.960 bits per heavy atom. The molecule has 0 radical (unpaired) electrons. The summed E-state index contributed by atoms with van der Waals surface area (Å²) in [5.41, 5.74) is 0.840. The summed E-state index contributed by atoms with van der Waals surface area (Å²) >= 11 is 0. The molecule has 0 aliphatic carbocycles. The number of hydrogen-bond donors (Lipinski definition) is 2. The van der Waals surface area contributed by atoms with E-state index in [1.165, 1.54) is 0 Å². The van der Waals surface area contributed by atoms with Gasteiger partial charge in [-0.2, -0.15) is 0 Å². The minimum atomic E-state index is -0.893. The number of amides is 2. The minimum Gasteiger partial charge on any atom is -0.454 e. The van der Waals surface area contributed by atoms with E-state index in [0.29, 0.717) is 0 Å². The summed E-state index contributed by atoms with van der Waals surface area (Å²) in [5.74, 6) is -1.28. The number of nitrogens with one attached hydrogen (secondary N) is 2. The van der Waals surface area contributed by atoms with Gasteiger partial charge in [0, 0.05) is 6.04 Å². The van der Waals surface area contributed by atoms with E-state index in [0.717, 1.165) is 5.56 Å². The molecule has 0 saturated carbocycles. The molecule has 0 saturated heterocycles. The first kappa shape index (κ1) is 20.5. The van der Waals surface area contributed by atoms with Crippen molar-refractivity contribution in [1.82, 2.24) is 10.6 Å². The molecule has 1 rings (SSSR count). The van der Waals surface area contributed by atoms with E-state index in [9.17, 15) is 14.4 Å². The van der Waals surface area contributed by atoms with Crippen LogP contribution in [0.4, 0.5) is 4.79 Å². The van der Waals surface area contributed by atoms with Gasteiger partial charge in [0.2, 0.25) is 0 Å². The van der Waals surface area contributed by atoms with Gasteiger partial charge >= 0.3 is 12.1 Å². The van der Waals surface area contributed by atoms with Crippen LogP contribution in [-0.2, 0) is 25.7 Å². The Balaban J connectivity index is 2.48. The zero-order valence-corrected chi connectivity index (χ0v) is 15.1. The molecule has 1 atom stereocenters. The van der Waals surface area contributed by atoms with Gasteiger partial charge in [-0.1, -0.05) is 44.2 Å². The van der Waals surface area contributed by atoms with E-state index < -0.39 is 24.0 Å². The Labute approximate surface area is 148 Å². The van der Waals surface area contributed by atoms with E-state index in [-0.39, 0.29) is 25.2 Å². The molecule has 2 amide bonds. The molecule has 25 heavy (non-hydrogen) atoms. The molecule has 0 bridgehead atoms. The normalized spacial score (nSPS) is 11.8. The van der Waals surface area contributed by atoms with Gasteiger partial charge in [0.1, 0.15) is 12.6 Å². The SMILES string of the molecule is CC(C)NC(=O)COC(=O)[C@@H](NC(=O)OCc1ccccc1)C(C)C. The van der Waals surface area contributed by atoms with E-state index in [1.807, 2.05) is 30.3 Å². The highest BCUT2D eigenvalue weighted by Crippen LogP contribution is 2.06. The first-order valence-electron chi connectivity index (χ1n) is 8.22. The molecule has 1 aromatic rings. The van der Waals surface area contributed by atoms with Gasteiger partial charge in [0.05, 0.1) is 0 Å². The smallest absolute Gasteiger partial charge is 0.408 e. The lowest BCUT2D eigenvalue weighted by atomic mass is 10.1. The third-order valence-electron chi connectivity index (χ3n) is 3.20. The maximum absolute atomic E-state index is 12.1. The van der Waals surface area contributed by atoms with Crippen LogP contribution in [0.25, 0.3) is 0 Å². The summed E-state index contributed by atoms with van der Waals surface area (Å²) < 4.78 is 10.1.